The second kappa shape index (κ2) is 17.8. The molecule has 0 heterocycles. The Morgan fingerprint density at radius 2 is 1.00 bits per heavy atom. The van der Waals surface area contributed by atoms with E-state index in [0.29, 0.717) is 0 Å². The van der Waals surface area contributed by atoms with E-state index in [9.17, 15) is 0 Å². The molecule has 0 rings (SSSR count). The van der Waals surface area contributed by atoms with Gasteiger partial charge in [0.15, 0.2) is 0 Å². The summed E-state index contributed by atoms with van der Waals surface area (Å²) in [6.07, 6.45) is 0. The Kier molecular flexibility index (Phi) is 140. The molecule has 0 unspecified atom stereocenters. The fourth-order valence-corrected chi connectivity index (χ4v) is 0. The van der Waals surface area contributed by atoms with Crippen molar-refractivity contribution in [1.29, 1.82) is 0 Å². The Balaban J connectivity index is 0. The second-order valence-electron chi connectivity index (χ2n) is 0. The van der Waals surface area contributed by atoms with Crippen LogP contribution in [0.25, 0.3) is 0 Å². The fraction of sp³-hybridized carbons (Fsp3) is 0. The van der Waals surface area contributed by atoms with Crippen molar-refractivity contribution in [2.75, 3.05) is 0 Å². The minimum Gasteiger partial charge on any atom is 0 e. The minimum atomic E-state index is 0. The molecule has 0 bridgehead atoms. The molecule has 30 valence electrons. The number of rotatable bonds is 0. The summed E-state index contributed by atoms with van der Waals surface area (Å²) >= 11 is 0. The largest absolute Gasteiger partial charge is 0 e. The van der Waals surface area contributed by atoms with Crippen LogP contribution in [0.5, 0.6) is 0 Å². The molecule has 0 aromatic heterocycles. The van der Waals surface area contributed by atoms with Crippen molar-refractivity contribution in [3.05, 3.63) is 0 Å². The maximum atomic E-state index is 0. The number of hydrogen-bond donors (Lipinski definition) is 0. The molecular formula is CoMoRhW. The van der Waals surface area contributed by atoms with E-state index in [0.717, 1.165) is 0 Å². The van der Waals surface area contributed by atoms with Crippen LogP contribution in [0, 0.1) is 0 Å². The predicted octanol–water partition coefficient (Wildman–Crippen LogP) is -0.0100. The normalized spacial score (nSPS) is 0. The van der Waals surface area contributed by atoms with Gasteiger partial charge in [-0.3, -0.25) is 0 Å². The molecule has 4 heavy (non-hydrogen) atoms. The molecule has 0 saturated heterocycles. The maximum absolute atomic E-state index is 0. The van der Waals surface area contributed by atoms with Gasteiger partial charge in [0.2, 0.25) is 0 Å². The minimum absolute atomic E-state index is 0. The summed E-state index contributed by atoms with van der Waals surface area (Å²) in [7, 11) is 0. The van der Waals surface area contributed by atoms with Crippen molar-refractivity contribution in [3.8, 4) is 0 Å². The van der Waals surface area contributed by atoms with Crippen LogP contribution in [-0.4, -0.2) is 0 Å². The third-order valence-electron chi connectivity index (χ3n) is 0. The average Bonchev–Trinajstić information content (AvgIpc) is 0. The van der Waals surface area contributed by atoms with E-state index >= 15 is 0 Å². The van der Waals surface area contributed by atoms with Gasteiger partial charge < -0.3 is 0 Å². The van der Waals surface area contributed by atoms with Crippen LogP contribution in [0.1, 0.15) is 0 Å². The molecule has 4 heteroatoms. The Bertz CT molecular complexity index is 8.00. The molecule has 0 aromatic carbocycles. The zero-order valence-corrected chi connectivity index (χ0v) is 9.10. The molecule has 0 aliphatic rings. The van der Waals surface area contributed by atoms with E-state index in [4.69, 9.17) is 0 Å². The van der Waals surface area contributed by atoms with Gasteiger partial charge in [-0.15, -0.1) is 0 Å². The van der Waals surface area contributed by atoms with Crippen molar-refractivity contribution in [2.24, 2.45) is 0 Å². The smallest absolute Gasteiger partial charge is 0 e. The topological polar surface area (TPSA) is 0 Å². The molecular weight excluding hydrogens is 442 g/mol. The van der Waals surface area contributed by atoms with Crippen molar-refractivity contribution in [3.63, 3.8) is 0 Å². The Morgan fingerprint density at radius 1 is 1.00 bits per heavy atom. The monoisotopic (exact) mass is 444 g/mol. The first kappa shape index (κ1) is 31.4. The third kappa shape index (κ3) is 8.82. The summed E-state index contributed by atoms with van der Waals surface area (Å²) in [6, 6.07) is 0. The van der Waals surface area contributed by atoms with Crippen LogP contribution in [0.3, 0.4) is 0 Å². The van der Waals surface area contributed by atoms with Crippen LogP contribution in [0.4, 0.5) is 0 Å². The van der Waals surface area contributed by atoms with Crippen molar-refractivity contribution < 1.29 is 78.4 Å². The Hall–Kier alpha value is 2.51. The summed E-state index contributed by atoms with van der Waals surface area (Å²) in [4.78, 5) is 0. The first-order chi connectivity index (χ1) is 0. The molecule has 2 radical (unpaired) electrons. The van der Waals surface area contributed by atoms with Crippen LogP contribution in [-0.2, 0) is 78.4 Å². The van der Waals surface area contributed by atoms with E-state index in [2.05, 4.69) is 0 Å². The number of hydrogen-bond acceptors (Lipinski definition) is 0. The first-order valence-corrected chi connectivity index (χ1v) is 0. The molecule has 0 spiro atoms. The Morgan fingerprint density at radius 3 is 1.00 bits per heavy atom. The molecule has 0 atom stereocenters. The molecule has 0 aliphatic carbocycles. The van der Waals surface area contributed by atoms with Gasteiger partial charge in [0, 0.05) is 78.4 Å². The molecule has 0 N–H and O–H groups in total. The summed E-state index contributed by atoms with van der Waals surface area (Å²) in [5.74, 6) is 0. The van der Waals surface area contributed by atoms with E-state index in [1.165, 1.54) is 0 Å². The summed E-state index contributed by atoms with van der Waals surface area (Å²) in [6.45, 7) is 0. The summed E-state index contributed by atoms with van der Waals surface area (Å²) < 4.78 is 0. The van der Waals surface area contributed by atoms with Crippen LogP contribution in [0.2, 0.25) is 0 Å². The molecule has 0 aromatic rings. The average molecular weight is 442 g/mol. The fourth-order valence-electron chi connectivity index (χ4n) is 0. The maximum Gasteiger partial charge on any atom is 0 e. The molecule has 0 amide bonds. The third-order valence-corrected chi connectivity index (χ3v) is 0. The molecule has 0 saturated carbocycles. The van der Waals surface area contributed by atoms with Gasteiger partial charge in [-0.2, -0.15) is 0 Å². The first-order valence-electron chi connectivity index (χ1n) is 0. The van der Waals surface area contributed by atoms with Gasteiger partial charge in [0.25, 0.3) is 0 Å². The quantitative estimate of drug-likeness (QED) is 0.464. The zero-order chi connectivity index (χ0) is 0. The summed E-state index contributed by atoms with van der Waals surface area (Å²) in [5.41, 5.74) is 0. The second-order valence-corrected chi connectivity index (χ2v) is 0. The van der Waals surface area contributed by atoms with Gasteiger partial charge in [-0.25, -0.2) is 0 Å². The zero-order valence-electron chi connectivity index (χ0n) is 1.48. The van der Waals surface area contributed by atoms with Crippen LogP contribution in [0.15, 0.2) is 0 Å². The molecule has 0 aliphatic heterocycles. The van der Waals surface area contributed by atoms with E-state index in [1.807, 2.05) is 0 Å². The summed E-state index contributed by atoms with van der Waals surface area (Å²) in [5, 5.41) is 0. The molecule has 0 nitrogen and oxygen atoms in total. The molecule has 0 fully saturated rings. The van der Waals surface area contributed by atoms with E-state index in [-0.39, 0.29) is 78.4 Å². The standard InChI is InChI=1S/Co.Mo.Rh.W. The van der Waals surface area contributed by atoms with Crippen molar-refractivity contribution in [2.45, 2.75) is 0 Å². The van der Waals surface area contributed by atoms with E-state index < -0.39 is 0 Å². The van der Waals surface area contributed by atoms with Crippen molar-refractivity contribution in [1.82, 2.24) is 0 Å². The van der Waals surface area contributed by atoms with Crippen LogP contribution < -0.4 is 0 Å². The Labute approximate surface area is 77.3 Å². The van der Waals surface area contributed by atoms with Gasteiger partial charge in [-0.05, 0) is 0 Å². The van der Waals surface area contributed by atoms with E-state index in [1.54, 1.807) is 0 Å². The van der Waals surface area contributed by atoms with Crippen LogP contribution >= 0.6 is 0 Å². The van der Waals surface area contributed by atoms with Crippen molar-refractivity contribution >= 4 is 0 Å². The van der Waals surface area contributed by atoms with Gasteiger partial charge in [0.1, 0.15) is 0 Å². The predicted molar refractivity (Wildman–Crippen MR) is 0 cm³/mol. The van der Waals surface area contributed by atoms with Gasteiger partial charge in [-0.1, -0.05) is 0 Å². The van der Waals surface area contributed by atoms with Gasteiger partial charge >= 0.3 is 0 Å². The van der Waals surface area contributed by atoms with Gasteiger partial charge in [0.05, 0.1) is 0 Å². The SMILES string of the molecule is [Co].[Mo].[Rh].[W].